The van der Waals surface area contributed by atoms with E-state index in [2.05, 4.69) is 5.32 Å². The van der Waals surface area contributed by atoms with Gasteiger partial charge in [0.05, 0.1) is 11.3 Å². The van der Waals surface area contributed by atoms with E-state index in [0.29, 0.717) is 12.8 Å². The van der Waals surface area contributed by atoms with Crippen LogP contribution in [0.2, 0.25) is 0 Å². The average Bonchev–Trinajstić information content (AvgIpc) is 2.33. The molecule has 0 heterocycles. The number of primary amides is 1. The molecule has 0 radical (unpaired) electrons. The van der Waals surface area contributed by atoms with Gasteiger partial charge >= 0.3 is 5.97 Å². The second-order valence-electron chi connectivity index (χ2n) is 4.20. The molecule has 0 bridgehead atoms. The molecule has 0 aromatic heterocycles. The summed E-state index contributed by atoms with van der Waals surface area (Å²) < 4.78 is 13.5. The fourth-order valence-electron chi connectivity index (χ4n) is 1.75. The number of carboxylic acids is 1. The number of benzene rings is 1. The summed E-state index contributed by atoms with van der Waals surface area (Å²) in [5.74, 6) is -2.74. The summed E-state index contributed by atoms with van der Waals surface area (Å²) in [5, 5.41) is 11.8. The summed E-state index contributed by atoms with van der Waals surface area (Å²) >= 11 is 0. The van der Waals surface area contributed by atoms with Crippen LogP contribution in [0.3, 0.4) is 0 Å². The zero-order valence-corrected chi connectivity index (χ0v) is 10.6. The molecule has 1 aromatic carbocycles. The molecule has 19 heavy (non-hydrogen) atoms. The Morgan fingerprint density at radius 1 is 1.47 bits per heavy atom. The molecule has 1 aromatic rings. The van der Waals surface area contributed by atoms with Crippen molar-refractivity contribution >= 4 is 17.6 Å². The van der Waals surface area contributed by atoms with E-state index < -0.39 is 23.7 Å². The van der Waals surface area contributed by atoms with E-state index in [1.54, 1.807) is 0 Å². The average molecular weight is 268 g/mol. The minimum Gasteiger partial charge on any atom is -0.480 e. The van der Waals surface area contributed by atoms with Crippen molar-refractivity contribution in [2.45, 2.75) is 32.2 Å². The van der Waals surface area contributed by atoms with Crippen LogP contribution in [0, 0.1) is 5.82 Å². The van der Waals surface area contributed by atoms with Crippen LogP contribution in [0.5, 0.6) is 0 Å². The third-order valence-corrected chi connectivity index (χ3v) is 2.73. The molecule has 0 aliphatic heterocycles. The smallest absolute Gasteiger partial charge is 0.326 e. The van der Waals surface area contributed by atoms with Crippen LogP contribution in [-0.4, -0.2) is 23.0 Å². The normalized spacial score (nSPS) is 11.9. The second-order valence-corrected chi connectivity index (χ2v) is 4.20. The summed E-state index contributed by atoms with van der Waals surface area (Å²) in [6.07, 6.45) is 1.95. The van der Waals surface area contributed by atoms with E-state index in [4.69, 9.17) is 10.8 Å². The number of nitrogens with one attached hydrogen (secondary N) is 1. The lowest BCUT2D eigenvalue weighted by Crippen LogP contribution is -2.30. The number of nitrogens with two attached hydrogens (primary N) is 1. The van der Waals surface area contributed by atoms with Crippen LogP contribution in [0.15, 0.2) is 18.2 Å². The first-order valence-corrected chi connectivity index (χ1v) is 6.05. The van der Waals surface area contributed by atoms with Crippen molar-refractivity contribution in [2.75, 3.05) is 5.32 Å². The molecule has 0 fully saturated rings. The van der Waals surface area contributed by atoms with E-state index in [-0.39, 0.29) is 11.3 Å². The van der Waals surface area contributed by atoms with Gasteiger partial charge in [-0.05, 0) is 18.6 Å². The lowest BCUT2D eigenvalue weighted by molar-refractivity contribution is -0.138. The summed E-state index contributed by atoms with van der Waals surface area (Å²) in [6.45, 7) is 1.94. The molecule has 1 amide bonds. The molecule has 104 valence electrons. The van der Waals surface area contributed by atoms with Gasteiger partial charge in [0, 0.05) is 0 Å². The number of carbonyl (C=O) groups excluding carboxylic acids is 1. The zero-order chi connectivity index (χ0) is 14.4. The van der Waals surface area contributed by atoms with Crippen molar-refractivity contribution in [2.24, 2.45) is 5.73 Å². The van der Waals surface area contributed by atoms with Crippen molar-refractivity contribution < 1.29 is 19.1 Å². The predicted octanol–water partition coefficient (Wildman–Crippen LogP) is 1.98. The van der Waals surface area contributed by atoms with Crippen LogP contribution in [0.1, 0.15) is 36.5 Å². The number of anilines is 1. The van der Waals surface area contributed by atoms with E-state index in [1.165, 1.54) is 12.1 Å². The first-order chi connectivity index (χ1) is 8.97. The number of hydrogen-bond donors (Lipinski definition) is 3. The predicted molar refractivity (Wildman–Crippen MR) is 69.5 cm³/mol. The van der Waals surface area contributed by atoms with Gasteiger partial charge in [0.1, 0.15) is 11.9 Å². The summed E-state index contributed by atoms with van der Waals surface area (Å²) in [6, 6.07) is 3.06. The molecule has 0 spiro atoms. The van der Waals surface area contributed by atoms with Crippen LogP contribution < -0.4 is 11.1 Å². The number of carbonyl (C=O) groups is 2. The highest BCUT2D eigenvalue weighted by Gasteiger charge is 2.20. The van der Waals surface area contributed by atoms with E-state index >= 15 is 0 Å². The lowest BCUT2D eigenvalue weighted by Gasteiger charge is -2.17. The molecule has 0 aliphatic rings. The standard InChI is InChI=1S/C13H17FN2O3/c1-2-3-6-10(13(18)19)16-9-7-4-5-8(14)11(9)12(15)17/h4-5,7,10,16H,2-3,6H2,1H3,(H2,15,17)(H,18,19). The van der Waals surface area contributed by atoms with Crippen LogP contribution >= 0.6 is 0 Å². The van der Waals surface area contributed by atoms with Crippen molar-refractivity contribution in [1.29, 1.82) is 0 Å². The van der Waals surface area contributed by atoms with Crippen molar-refractivity contribution in [3.8, 4) is 0 Å². The monoisotopic (exact) mass is 268 g/mol. The summed E-state index contributed by atoms with van der Waals surface area (Å²) in [7, 11) is 0. The van der Waals surface area contributed by atoms with Gasteiger partial charge in [-0.15, -0.1) is 0 Å². The van der Waals surface area contributed by atoms with Gasteiger partial charge in [0.25, 0.3) is 5.91 Å². The van der Waals surface area contributed by atoms with Crippen molar-refractivity contribution in [3.05, 3.63) is 29.6 Å². The van der Waals surface area contributed by atoms with Crippen LogP contribution in [0.25, 0.3) is 0 Å². The third-order valence-electron chi connectivity index (χ3n) is 2.73. The summed E-state index contributed by atoms with van der Waals surface area (Å²) in [4.78, 5) is 22.3. The molecule has 6 heteroatoms. The Hall–Kier alpha value is -2.11. The topological polar surface area (TPSA) is 92.4 Å². The van der Waals surface area contributed by atoms with Gasteiger partial charge in [-0.1, -0.05) is 25.8 Å². The Bertz CT molecular complexity index is 477. The molecule has 4 N–H and O–H groups in total. The number of halogens is 1. The van der Waals surface area contributed by atoms with Gasteiger partial charge in [0.15, 0.2) is 0 Å². The number of rotatable bonds is 7. The van der Waals surface area contributed by atoms with Gasteiger partial charge in [-0.2, -0.15) is 0 Å². The second kappa shape index (κ2) is 6.72. The number of amides is 1. The minimum absolute atomic E-state index is 0.107. The highest BCUT2D eigenvalue weighted by atomic mass is 19.1. The molecule has 1 rings (SSSR count). The van der Waals surface area contributed by atoms with Gasteiger partial charge < -0.3 is 16.2 Å². The van der Waals surface area contributed by atoms with E-state index in [9.17, 15) is 14.0 Å². The van der Waals surface area contributed by atoms with Crippen LogP contribution in [0.4, 0.5) is 10.1 Å². The highest BCUT2D eigenvalue weighted by molar-refractivity contribution is 5.99. The zero-order valence-electron chi connectivity index (χ0n) is 10.6. The quantitative estimate of drug-likeness (QED) is 0.705. The molecular weight excluding hydrogens is 251 g/mol. The minimum atomic E-state index is -1.05. The first kappa shape index (κ1) is 14.9. The van der Waals surface area contributed by atoms with E-state index in [1.807, 2.05) is 6.92 Å². The number of carboxylic acid groups (broad SMARTS) is 1. The molecule has 0 saturated heterocycles. The maximum Gasteiger partial charge on any atom is 0.326 e. The first-order valence-electron chi connectivity index (χ1n) is 6.05. The van der Waals surface area contributed by atoms with Gasteiger partial charge in [-0.3, -0.25) is 4.79 Å². The maximum absolute atomic E-state index is 13.5. The molecule has 5 nitrogen and oxygen atoms in total. The van der Waals surface area contributed by atoms with Crippen molar-refractivity contribution in [3.63, 3.8) is 0 Å². The highest BCUT2D eigenvalue weighted by Crippen LogP contribution is 2.20. The Kier molecular flexibility index (Phi) is 5.29. The van der Waals surface area contributed by atoms with Crippen LogP contribution in [-0.2, 0) is 4.79 Å². The molecular formula is C13H17FN2O3. The molecule has 1 atom stereocenters. The fourth-order valence-corrected chi connectivity index (χ4v) is 1.75. The number of hydrogen-bond acceptors (Lipinski definition) is 3. The Balaban J connectivity index is 2.99. The third kappa shape index (κ3) is 3.94. The molecule has 0 aliphatic carbocycles. The number of aliphatic carboxylic acids is 1. The Labute approximate surface area is 110 Å². The SMILES string of the molecule is CCCCC(Nc1cccc(F)c1C(N)=O)C(=O)O. The van der Waals surface area contributed by atoms with Crippen molar-refractivity contribution in [1.82, 2.24) is 0 Å². The lowest BCUT2D eigenvalue weighted by atomic mass is 10.1. The Morgan fingerprint density at radius 2 is 2.16 bits per heavy atom. The largest absolute Gasteiger partial charge is 0.480 e. The number of unbranched alkanes of at least 4 members (excludes halogenated alkanes) is 1. The van der Waals surface area contributed by atoms with Gasteiger partial charge in [0.2, 0.25) is 0 Å². The van der Waals surface area contributed by atoms with Gasteiger partial charge in [-0.25, -0.2) is 9.18 Å². The summed E-state index contributed by atoms with van der Waals surface area (Å²) in [5.41, 5.74) is 4.89. The maximum atomic E-state index is 13.5. The Morgan fingerprint density at radius 3 is 2.68 bits per heavy atom. The van der Waals surface area contributed by atoms with E-state index in [0.717, 1.165) is 12.5 Å². The molecule has 0 saturated carbocycles. The molecule has 1 unspecified atom stereocenters. The fraction of sp³-hybridized carbons (Fsp3) is 0.385.